The lowest BCUT2D eigenvalue weighted by Gasteiger charge is -2.09. The van der Waals surface area contributed by atoms with Gasteiger partial charge in [0.05, 0.1) is 11.5 Å². The second-order valence-electron chi connectivity index (χ2n) is 4.43. The number of nitrogens with zero attached hydrogens (tertiary/aromatic N) is 3. The van der Waals surface area contributed by atoms with E-state index >= 15 is 0 Å². The van der Waals surface area contributed by atoms with Crippen molar-refractivity contribution in [3.05, 3.63) is 21.1 Å². The molecule has 106 valence electrons. The molecule has 0 fully saturated rings. The highest BCUT2D eigenvalue weighted by Crippen LogP contribution is 2.26. The lowest BCUT2D eigenvalue weighted by atomic mass is 10.2. The van der Waals surface area contributed by atoms with E-state index < -0.39 is 4.92 Å². The molecule has 7 nitrogen and oxygen atoms in total. The number of ether oxygens (including phenoxy) is 1. The first-order chi connectivity index (χ1) is 8.91. The summed E-state index contributed by atoms with van der Waals surface area (Å²) < 4.78 is 5.37. The van der Waals surface area contributed by atoms with Crippen LogP contribution in [0, 0.1) is 23.0 Å². The quantitative estimate of drug-likeness (QED) is 0.359. The monoisotopic (exact) mass is 288 g/mol. The lowest BCUT2D eigenvalue weighted by molar-refractivity contribution is -0.385. The van der Waals surface area contributed by atoms with Crippen molar-refractivity contribution in [2.45, 2.75) is 20.8 Å². The van der Waals surface area contributed by atoms with E-state index in [1.54, 1.807) is 0 Å². The molecule has 0 unspecified atom stereocenters. The molecule has 0 saturated carbocycles. The third-order valence-electron chi connectivity index (χ3n) is 2.20. The van der Waals surface area contributed by atoms with Gasteiger partial charge < -0.3 is 10.1 Å². The van der Waals surface area contributed by atoms with Gasteiger partial charge in [0.25, 0.3) is 0 Å². The number of nitro groups is 1. The van der Waals surface area contributed by atoms with Gasteiger partial charge in [-0.3, -0.25) is 10.1 Å². The van der Waals surface area contributed by atoms with Crippen molar-refractivity contribution in [3.8, 4) is 0 Å². The average Bonchev–Trinajstić information content (AvgIpc) is 2.26. The zero-order chi connectivity index (χ0) is 14.4. The van der Waals surface area contributed by atoms with E-state index in [1.165, 1.54) is 6.92 Å². The zero-order valence-electron chi connectivity index (χ0n) is 11.1. The van der Waals surface area contributed by atoms with E-state index in [2.05, 4.69) is 15.3 Å². The van der Waals surface area contributed by atoms with Crippen LogP contribution in [0.15, 0.2) is 0 Å². The molecule has 0 radical (unpaired) electrons. The van der Waals surface area contributed by atoms with Gasteiger partial charge in [0.15, 0.2) is 0 Å². The maximum absolute atomic E-state index is 10.9. The summed E-state index contributed by atoms with van der Waals surface area (Å²) in [5.74, 6) is 0.570. The molecule has 19 heavy (non-hydrogen) atoms. The number of anilines is 1. The number of aryl methyl sites for hydroxylation is 1. The summed E-state index contributed by atoms with van der Waals surface area (Å²) in [6.07, 6.45) is 0. The molecule has 0 aliphatic heterocycles. The molecule has 1 heterocycles. The number of rotatable bonds is 7. The van der Waals surface area contributed by atoms with Crippen LogP contribution in [0.3, 0.4) is 0 Å². The molecule has 0 aliphatic rings. The minimum absolute atomic E-state index is 0.0197. The average molecular weight is 289 g/mol. The van der Waals surface area contributed by atoms with E-state index in [0.717, 1.165) is 0 Å². The first-order valence-electron chi connectivity index (χ1n) is 5.92. The van der Waals surface area contributed by atoms with E-state index in [0.29, 0.717) is 25.7 Å². The molecule has 0 saturated heterocycles. The van der Waals surface area contributed by atoms with Gasteiger partial charge in [-0.15, -0.1) is 0 Å². The summed E-state index contributed by atoms with van der Waals surface area (Å²) in [5.41, 5.74) is 0.0730. The Labute approximate surface area is 116 Å². The summed E-state index contributed by atoms with van der Waals surface area (Å²) in [4.78, 5) is 18.0. The largest absolute Gasteiger partial charge is 0.379 e. The highest BCUT2D eigenvalue weighted by Gasteiger charge is 2.21. The third-order valence-corrected chi connectivity index (χ3v) is 2.37. The molecule has 0 spiro atoms. The highest BCUT2D eigenvalue weighted by molar-refractivity contribution is 6.28. The lowest BCUT2D eigenvalue weighted by Crippen LogP contribution is -2.14. The molecule has 0 atom stereocenters. The molecule has 1 rings (SSSR count). The summed E-state index contributed by atoms with van der Waals surface area (Å²) in [6.45, 7) is 7.12. The van der Waals surface area contributed by atoms with Gasteiger partial charge in [0, 0.05) is 13.2 Å². The summed E-state index contributed by atoms with van der Waals surface area (Å²) in [7, 11) is 0. The van der Waals surface area contributed by atoms with E-state index in [1.807, 2.05) is 13.8 Å². The zero-order valence-corrected chi connectivity index (χ0v) is 11.9. The predicted octanol–water partition coefficient (Wildman–Crippen LogP) is 2.43. The SMILES string of the molecule is Cc1nc(Cl)nc(NCCOCC(C)C)c1[N+](=O)[O-]. The fraction of sp³-hybridized carbons (Fsp3) is 0.636. The van der Waals surface area contributed by atoms with Crippen molar-refractivity contribution in [3.63, 3.8) is 0 Å². The number of hydrogen-bond acceptors (Lipinski definition) is 6. The third kappa shape index (κ3) is 4.96. The summed E-state index contributed by atoms with van der Waals surface area (Å²) in [5, 5.41) is 13.8. The van der Waals surface area contributed by atoms with Crippen molar-refractivity contribution < 1.29 is 9.66 Å². The number of nitrogens with one attached hydrogen (secondary N) is 1. The van der Waals surface area contributed by atoms with Crippen molar-refractivity contribution >= 4 is 23.1 Å². The second-order valence-corrected chi connectivity index (χ2v) is 4.77. The predicted molar refractivity (Wildman–Crippen MR) is 72.6 cm³/mol. The Kier molecular flexibility index (Phi) is 5.91. The Morgan fingerprint density at radius 2 is 2.16 bits per heavy atom. The van der Waals surface area contributed by atoms with Gasteiger partial charge in [0.2, 0.25) is 11.1 Å². The normalized spacial score (nSPS) is 10.8. The van der Waals surface area contributed by atoms with Gasteiger partial charge in [-0.2, -0.15) is 4.98 Å². The fourth-order valence-corrected chi connectivity index (χ4v) is 1.65. The maximum Gasteiger partial charge on any atom is 0.332 e. The molecule has 0 aromatic carbocycles. The molecule has 8 heteroatoms. The van der Waals surface area contributed by atoms with Gasteiger partial charge >= 0.3 is 5.69 Å². The van der Waals surface area contributed by atoms with Crippen molar-refractivity contribution in [2.75, 3.05) is 25.1 Å². The first kappa shape index (κ1) is 15.6. The van der Waals surface area contributed by atoms with Crippen LogP contribution in [-0.4, -0.2) is 34.6 Å². The standard InChI is InChI=1S/C11H17ClN4O3/c1-7(2)6-19-5-4-13-10-9(16(17)18)8(3)14-11(12)15-10/h7H,4-6H2,1-3H3,(H,13,14,15). The number of aromatic nitrogens is 2. The molecule has 1 aromatic heterocycles. The number of hydrogen-bond donors (Lipinski definition) is 1. The van der Waals surface area contributed by atoms with Crippen LogP contribution >= 0.6 is 11.6 Å². The molecule has 1 aromatic rings. The second kappa shape index (κ2) is 7.20. The topological polar surface area (TPSA) is 90.2 Å². The minimum atomic E-state index is -0.525. The minimum Gasteiger partial charge on any atom is -0.379 e. The summed E-state index contributed by atoms with van der Waals surface area (Å²) in [6, 6.07) is 0. The van der Waals surface area contributed by atoms with Crippen LogP contribution in [0.2, 0.25) is 5.28 Å². The van der Waals surface area contributed by atoms with Crippen LogP contribution in [0.4, 0.5) is 11.5 Å². The summed E-state index contributed by atoms with van der Waals surface area (Å²) >= 11 is 5.69. The Morgan fingerprint density at radius 1 is 1.47 bits per heavy atom. The Morgan fingerprint density at radius 3 is 2.74 bits per heavy atom. The molecule has 0 aliphatic carbocycles. The molecule has 1 N–H and O–H groups in total. The molecule has 0 bridgehead atoms. The molecule has 0 amide bonds. The van der Waals surface area contributed by atoms with E-state index in [9.17, 15) is 10.1 Å². The van der Waals surface area contributed by atoms with Crippen LogP contribution in [0.1, 0.15) is 19.5 Å². The van der Waals surface area contributed by atoms with Crippen molar-refractivity contribution in [1.82, 2.24) is 9.97 Å². The smallest absolute Gasteiger partial charge is 0.332 e. The van der Waals surface area contributed by atoms with Crippen molar-refractivity contribution in [1.29, 1.82) is 0 Å². The van der Waals surface area contributed by atoms with E-state index in [4.69, 9.17) is 16.3 Å². The van der Waals surface area contributed by atoms with Crippen LogP contribution in [0.25, 0.3) is 0 Å². The number of halogens is 1. The fourth-order valence-electron chi connectivity index (χ4n) is 1.44. The van der Waals surface area contributed by atoms with E-state index in [-0.39, 0.29) is 22.5 Å². The van der Waals surface area contributed by atoms with Gasteiger partial charge in [-0.25, -0.2) is 4.98 Å². The van der Waals surface area contributed by atoms with Gasteiger partial charge in [-0.1, -0.05) is 13.8 Å². The molecular weight excluding hydrogens is 272 g/mol. The van der Waals surface area contributed by atoms with Crippen molar-refractivity contribution in [2.24, 2.45) is 5.92 Å². The Balaban J connectivity index is 2.64. The van der Waals surface area contributed by atoms with Crippen LogP contribution < -0.4 is 5.32 Å². The van der Waals surface area contributed by atoms with Crippen LogP contribution in [-0.2, 0) is 4.74 Å². The first-order valence-corrected chi connectivity index (χ1v) is 6.29. The van der Waals surface area contributed by atoms with Gasteiger partial charge in [-0.05, 0) is 24.4 Å². The van der Waals surface area contributed by atoms with Crippen LogP contribution in [0.5, 0.6) is 0 Å². The Bertz CT molecular complexity index is 454. The highest BCUT2D eigenvalue weighted by atomic mass is 35.5. The van der Waals surface area contributed by atoms with Gasteiger partial charge in [0.1, 0.15) is 5.69 Å². The maximum atomic E-state index is 10.9. The Hall–Kier alpha value is -1.47. The molecular formula is C11H17ClN4O3.